The summed E-state index contributed by atoms with van der Waals surface area (Å²) in [6.07, 6.45) is 0. The van der Waals surface area contributed by atoms with Crippen molar-refractivity contribution in [3.63, 3.8) is 0 Å². The van der Waals surface area contributed by atoms with E-state index >= 15 is 0 Å². The summed E-state index contributed by atoms with van der Waals surface area (Å²) in [5, 5.41) is 0. The minimum atomic E-state index is -1.69. The van der Waals surface area contributed by atoms with Crippen molar-refractivity contribution < 1.29 is 8.85 Å². The Hall–Kier alpha value is 0.354. The lowest BCUT2D eigenvalue weighted by Gasteiger charge is -2.23. The molecule has 0 aliphatic carbocycles. The highest BCUT2D eigenvalue weighted by atomic mass is 28.4. The second kappa shape index (κ2) is 6.09. The molecule has 0 saturated carbocycles. The molecule has 2 nitrogen and oxygen atoms in total. The third-order valence-electron chi connectivity index (χ3n) is 1.82. The lowest BCUT2D eigenvalue weighted by molar-refractivity contribution is 0.244. The Labute approximate surface area is 69.2 Å². The predicted molar refractivity (Wildman–Crippen MR) is 52.1 cm³/mol. The second-order valence-corrected chi connectivity index (χ2v) is 6.08. The van der Waals surface area contributed by atoms with Crippen LogP contribution in [0.25, 0.3) is 0 Å². The average molecular weight is 180 g/mol. The Morgan fingerprint density at radius 3 is 1.30 bits per heavy atom. The van der Waals surface area contributed by atoms with Crippen molar-refractivity contribution in [2.75, 3.05) is 14.2 Å². The fourth-order valence-electron chi connectivity index (χ4n) is 0.911. The van der Waals surface area contributed by atoms with E-state index in [1.54, 1.807) is 14.2 Å². The van der Waals surface area contributed by atoms with Crippen molar-refractivity contribution in [2.45, 2.75) is 25.9 Å². The number of rotatable bonds is 4. The molecule has 0 atom stereocenters. The van der Waals surface area contributed by atoms with Gasteiger partial charge >= 0.3 is 8.56 Å². The van der Waals surface area contributed by atoms with E-state index in [9.17, 15) is 0 Å². The summed E-state index contributed by atoms with van der Waals surface area (Å²) in [7, 11) is 1.79. The summed E-state index contributed by atoms with van der Waals surface area (Å²) in [5.41, 5.74) is 0. The number of hydrogen-bond donors (Lipinski definition) is 0. The molecule has 0 aromatic rings. The van der Waals surface area contributed by atoms with E-state index in [2.05, 4.69) is 13.8 Å². The van der Waals surface area contributed by atoms with E-state index in [4.69, 9.17) is 8.85 Å². The first-order valence-corrected chi connectivity index (χ1v) is 5.58. The third kappa shape index (κ3) is 2.96. The Bertz CT molecular complexity index is 56.6. The van der Waals surface area contributed by atoms with Crippen LogP contribution in [0.4, 0.5) is 0 Å². The van der Waals surface area contributed by atoms with E-state index in [-0.39, 0.29) is 11.0 Å². The van der Waals surface area contributed by atoms with Crippen molar-refractivity contribution in [1.29, 1.82) is 0 Å². The molecule has 0 aromatic carbocycles. The average Bonchev–Trinajstić information content (AvgIpc) is 1.95. The molecule has 4 heteroatoms. The van der Waals surface area contributed by atoms with Gasteiger partial charge in [0.25, 0.3) is 0 Å². The maximum Gasteiger partial charge on any atom is 0.337 e. The van der Waals surface area contributed by atoms with Gasteiger partial charge in [-0.2, -0.15) is 0 Å². The number of hydrogen-bond acceptors (Lipinski definition) is 2. The molecule has 0 radical (unpaired) electrons. The van der Waals surface area contributed by atoms with Gasteiger partial charge in [0, 0.05) is 14.2 Å². The molecule has 0 spiro atoms. The largest absolute Gasteiger partial charge is 0.398 e. The molecule has 10 heavy (non-hydrogen) atoms. The van der Waals surface area contributed by atoms with Crippen LogP contribution >= 0.6 is 0 Å². The van der Waals surface area contributed by atoms with Gasteiger partial charge in [0.2, 0.25) is 0 Å². The fourth-order valence-corrected chi connectivity index (χ4v) is 2.73. The fraction of sp³-hybridized carbons (Fsp3) is 1.00. The van der Waals surface area contributed by atoms with Crippen molar-refractivity contribution >= 4 is 19.5 Å². The molecule has 0 fully saturated rings. The highest BCUT2D eigenvalue weighted by Crippen LogP contribution is 2.15. The molecule has 0 N–H and O–H groups in total. The van der Waals surface area contributed by atoms with Gasteiger partial charge in [-0.3, -0.25) is 0 Å². The SMILES string of the molecule is CC[Si](CC)(OC)OC.[SiH4]. The first-order chi connectivity index (χ1) is 4.24. The molecule has 0 bridgehead atoms. The van der Waals surface area contributed by atoms with Crippen molar-refractivity contribution in [3.05, 3.63) is 0 Å². The minimum absolute atomic E-state index is 0. The summed E-state index contributed by atoms with van der Waals surface area (Å²) < 4.78 is 10.6. The molecule has 0 unspecified atom stereocenters. The molecule has 0 saturated heterocycles. The van der Waals surface area contributed by atoms with E-state index in [1.807, 2.05) is 0 Å². The lowest BCUT2D eigenvalue weighted by atomic mass is 10.9. The van der Waals surface area contributed by atoms with E-state index in [0.29, 0.717) is 0 Å². The van der Waals surface area contributed by atoms with Gasteiger partial charge in [0.1, 0.15) is 0 Å². The first kappa shape index (κ1) is 13.0. The van der Waals surface area contributed by atoms with Gasteiger partial charge in [-0.25, -0.2) is 0 Å². The smallest absolute Gasteiger partial charge is 0.337 e. The normalized spacial score (nSPS) is 10.8. The van der Waals surface area contributed by atoms with Gasteiger partial charge in [-0.05, 0) is 23.1 Å². The maximum atomic E-state index is 5.30. The lowest BCUT2D eigenvalue weighted by Crippen LogP contribution is -2.37. The van der Waals surface area contributed by atoms with Crippen LogP contribution in [0, 0.1) is 0 Å². The predicted octanol–water partition coefficient (Wildman–Crippen LogP) is 0.310. The molecule has 0 heterocycles. The zero-order valence-corrected chi connectivity index (χ0v) is 7.73. The van der Waals surface area contributed by atoms with Gasteiger partial charge in [0.05, 0.1) is 0 Å². The van der Waals surface area contributed by atoms with Crippen molar-refractivity contribution in [3.8, 4) is 0 Å². The summed E-state index contributed by atoms with van der Waals surface area (Å²) in [6, 6.07) is 2.08. The van der Waals surface area contributed by atoms with Crippen LogP contribution < -0.4 is 0 Å². The molecule has 0 aliphatic heterocycles. The molecule has 0 amide bonds. The standard InChI is InChI=1S/C6H16O2Si.H4Si/c1-5-9(6-2,7-3)8-4;/h5-6H2,1-4H3;1H4. The first-order valence-electron chi connectivity index (χ1n) is 3.35. The molecular formula is C6H20O2Si2. The zero-order valence-electron chi connectivity index (χ0n) is 6.73. The third-order valence-corrected chi connectivity index (χ3v) is 5.46. The van der Waals surface area contributed by atoms with Gasteiger partial charge < -0.3 is 8.85 Å². The van der Waals surface area contributed by atoms with Gasteiger partial charge in [-0.1, -0.05) is 13.8 Å². The summed E-state index contributed by atoms with van der Waals surface area (Å²) >= 11 is 0. The van der Waals surface area contributed by atoms with Crippen molar-refractivity contribution in [2.24, 2.45) is 0 Å². The van der Waals surface area contributed by atoms with Crippen molar-refractivity contribution in [1.82, 2.24) is 0 Å². The zero-order chi connectivity index (χ0) is 7.33. The second-order valence-electron chi connectivity index (χ2n) is 2.03. The van der Waals surface area contributed by atoms with E-state index in [0.717, 1.165) is 12.1 Å². The Kier molecular flexibility index (Phi) is 7.90. The molecule has 64 valence electrons. The van der Waals surface area contributed by atoms with Gasteiger partial charge in [0.15, 0.2) is 0 Å². The van der Waals surface area contributed by atoms with E-state index in [1.165, 1.54) is 0 Å². The minimum Gasteiger partial charge on any atom is -0.398 e. The van der Waals surface area contributed by atoms with Crippen LogP contribution in [0.2, 0.25) is 12.1 Å². The summed E-state index contributed by atoms with van der Waals surface area (Å²) in [4.78, 5) is 0. The van der Waals surface area contributed by atoms with Crippen LogP contribution in [0.15, 0.2) is 0 Å². The quantitative estimate of drug-likeness (QED) is 0.580. The van der Waals surface area contributed by atoms with E-state index < -0.39 is 8.56 Å². The van der Waals surface area contributed by atoms with Crippen LogP contribution in [0.1, 0.15) is 13.8 Å². The highest BCUT2D eigenvalue weighted by Gasteiger charge is 2.29. The van der Waals surface area contributed by atoms with Crippen LogP contribution in [-0.4, -0.2) is 33.7 Å². The highest BCUT2D eigenvalue weighted by molar-refractivity contribution is 6.67. The Morgan fingerprint density at radius 1 is 1.00 bits per heavy atom. The van der Waals surface area contributed by atoms with Crippen LogP contribution in [0.3, 0.4) is 0 Å². The Morgan fingerprint density at radius 2 is 1.30 bits per heavy atom. The van der Waals surface area contributed by atoms with Crippen LogP contribution in [0.5, 0.6) is 0 Å². The van der Waals surface area contributed by atoms with Crippen LogP contribution in [-0.2, 0) is 8.85 Å². The van der Waals surface area contributed by atoms with Gasteiger partial charge in [-0.15, -0.1) is 0 Å². The molecular weight excluding hydrogens is 160 g/mol. The summed E-state index contributed by atoms with van der Waals surface area (Å²) in [5.74, 6) is 0. The maximum absolute atomic E-state index is 5.30. The summed E-state index contributed by atoms with van der Waals surface area (Å²) in [6.45, 7) is 4.23. The Balaban J connectivity index is 0. The monoisotopic (exact) mass is 180 g/mol. The molecule has 0 aromatic heterocycles. The molecule has 0 rings (SSSR count). The topological polar surface area (TPSA) is 18.5 Å². The molecule has 0 aliphatic rings.